The Kier molecular flexibility index (Phi) is 6.44. The van der Waals surface area contributed by atoms with E-state index in [4.69, 9.17) is 17.0 Å². The van der Waals surface area contributed by atoms with Crippen molar-refractivity contribution in [3.8, 4) is 5.75 Å². The maximum Gasteiger partial charge on any atom is 0.170 e. The quantitative estimate of drug-likeness (QED) is 0.585. The Morgan fingerprint density at radius 2 is 1.52 bits per heavy atom. The Morgan fingerprint density at radius 1 is 0.926 bits per heavy atom. The van der Waals surface area contributed by atoms with Crippen LogP contribution in [-0.4, -0.2) is 18.8 Å². The zero-order valence-electron chi connectivity index (χ0n) is 15.6. The van der Waals surface area contributed by atoms with E-state index < -0.39 is 0 Å². The maximum atomic E-state index is 5.52. The number of ether oxygens (including phenoxy) is 1. The summed E-state index contributed by atoms with van der Waals surface area (Å²) < 4.78 is 5.26. The van der Waals surface area contributed by atoms with Gasteiger partial charge >= 0.3 is 0 Å². The van der Waals surface area contributed by atoms with Crippen LogP contribution in [0.4, 0.5) is 5.69 Å². The number of rotatable bonds is 6. The first-order valence-corrected chi connectivity index (χ1v) is 9.37. The number of methoxy groups -OCH3 is 1. The van der Waals surface area contributed by atoms with Crippen molar-refractivity contribution >= 4 is 23.0 Å². The summed E-state index contributed by atoms with van der Waals surface area (Å²) >= 11 is 5.52. The molecule has 0 saturated carbocycles. The molecule has 3 aromatic carbocycles. The minimum atomic E-state index is 0.226. The number of aryl methyl sites for hydroxylation is 1. The van der Waals surface area contributed by atoms with E-state index in [1.54, 1.807) is 7.11 Å². The van der Waals surface area contributed by atoms with Crippen LogP contribution in [-0.2, 0) is 0 Å². The maximum absolute atomic E-state index is 5.52. The van der Waals surface area contributed by atoms with Crippen molar-refractivity contribution in [2.75, 3.05) is 19.0 Å². The fraction of sp³-hybridized carbons (Fsp3) is 0.174. The van der Waals surface area contributed by atoms with E-state index in [0.717, 1.165) is 23.5 Å². The molecule has 0 saturated heterocycles. The third-order valence-electron chi connectivity index (χ3n) is 4.55. The van der Waals surface area contributed by atoms with Crippen molar-refractivity contribution in [1.29, 1.82) is 0 Å². The minimum absolute atomic E-state index is 0.226. The van der Waals surface area contributed by atoms with Crippen LogP contribution in [0.5, 0.6) is 5.75 Å². The molecule has 3 rings (SSSR count). The first kappa shape index (κ1) is 18.9. The molecule has 0 heterocycles. The molecule has 0 atom stereocenters. The summed E-state index contributed by atoms with van der Waals surface area (Å²) in [6.45, 7) is 2.75. The van der Waals surface area contributed by atoms with Crippen molar-refractivity contribution in [2.45, 2.75) is 12.8 Å². The normalized spacial score (nSPS) is 10.5. The largest absolute Gasteiger partial charge is 0.497 e. The number of nitrogens with one attached hydrogen (secondary N) is 2. The lowest BCUT2D eigenvalue weighted by Gasteiger charge is -2.20. The number of hydrogen-bond donors (Lipinski definition) is 2. The van der Waals surface area contributed by atoms with Crippen LogP contribution in [0.15, 0.2) is 78.9 Å². The van der Waals surface area contributed by atoms with E-state index in [0.29, 0.717) is 5.11 Å². The predicted octanol–water partition coefficient (Wildman–Crippen LogP) is 5.12. The van der Waals surface area contributed by atoms with Gasteiger partial charge in [0.15, 0.2) is 5.11 Å². The van der Waals surface area contributed by atoms with Crippen molar-refractivity contribution < 1.29 is 4.74 Å². The van der Waals surface area contributed by atoms with E-state index in [1.165, 1.54) is 11.1 Å². The first-order chi connectivity index (χ1) is 13.2. The van der Waals surface area contributed by atoms with Crippen LogP contribution in [0.1, 0.15) is 22.6 Å². The lowest BCUT2D eigenvalue weighted by molar-refractivity contribution is 0.414. The molecule has 0 fully saturated rings. The highest BCUT2D eigenvalue weighted by Gasteiger charge is 2.14. The van der Waals surface area contributed by atoms with Gasteiger partial charge in [0.1, 0.15) is 5.75 Å². The summed E-state index contributed by atoms with van der Waals surface area (Å²) in [5.41, 5.74) is 4.59. The fourth-order valence-electron chi connectivity index (χ4n) is 3.06. The smallest absolute Gasteiger partial charge is 0.170 e. The lowest BCUT2D eigenvalue weighted by Crippen LogP contribution is -2.32. The zero-order chi connectivity index (χ0) is 19.1. The molecule has 4 heteroatoms. The van der Waals surface area contributed by atoms with Gasteiger partial charge in [-0.05, 0) is 54.0 Å². The average Bonchev–Trinajstić information content (AvgIpc) is 2.71. The monoisotopic (exact) mass is 376 g/mol. The Balaban J connectivity index is 1.69. The summed E-state index contributed by atoms with van der Waals surface area (Å²) in [4.78, 5) is 0. The molecule has 0 aliphatic heterocycles. The third-order valence-corrected chi connectivity index (χ3v) is 4.80. The number of thiocarbonyl (C=S) groups is 1. The molecule has 0 aromatic heterocycles. The molecular weight excluding hydrogens is 352 g/mol. The van der Waals surface area contributed by atoms with Gasteiger partial charge in [0.25, 0.3) is 0 Å². The van der Waals surface area contributed by atoms with E-state index >= 15 is 0 Å². The van der Waals surface area contributed by atoms with Gasteiger partial charge in [-0.1, -0.05) is 60.7 Å². The minimum Gasteiger partial charge on any atom is -0.497 e. The van der Waals surface area contributed by atoms with Crippen molar-refractivity contribution in [3.63, 3.8) is 0 Å². The Bertz CT molecular complexity index is 842. The molecule has 138 valence electrons. The Morgan fingerprint density at radius 3 is 2.04 bits per heavy atom. The van der Waals surface area contributed by atoms with Crippen molar-refractivity contribution in [3.05, 3.63) is 95.6 Å². The highest BCUT2D eigenvalue weighted by atomic mass is 32.1. The SMILES string of the molecule is COc1ccc(NC(=S)NCC(c2ccccc2)c2ccccc2)c(C)c1. The van der Waals surface area contributed by atoms with Crippen LogP contribution in [0.2, 0.25) is 0 Å². The van der Waals surface area contributed by atoms with Crippen molar-refractivity contribution in [2.24, 2.45) is 0 Å². The zero-order valence-corrected chi connectivity index (χ0v) is 16.4. The molecule has 0 radical (unpaired) electrons. The van der Waals surface area contributed by atoms with E-state index in [1.807, 2.05) is 37.3 Å². The molecule has 0 spiro atoms. The van der Waals surface area contributed by atoms with Gasteiger partial charge in [-0.2, -0.15) is 0 Å². The van der Waals surface area contributed by atoms with Gasteiger partial charge in [-0.15, -0.1) is 0 Å². The summed E-state index contributed by atoms with van der Waals surface area (Å²) in [7, 11) is 1.67. The Labute approximate surface area is 166 Å². The summed E-state index contributed by atoms with van der Waals surface area (Å²) in [5, 5.41) is 7.27. The van der Waals surface area contributed by atoms with Crippen LogP contribution < -0.4 is 15.4 Å². The molecule has 2 N–H and O–H groups in total. The number of benzene rings is 3. The van der Waals surface area contributed by atoms with Gasteiger partial charge in [0, 0.05) is 18.2 Å². The van der Waals surface area contributed by atoms with Gasteiger partial charge < -0.3 is 15.4 Å². The first-order valence-electron chi connectivity index (χ1n) is 8.97. The molecule has 0 bridgehead atoms. The molecule has 27 heavy (non-hydrogen) atoms. The van der Waals surface area contributed by atoms with Crippen LogP contribution >= 0.6 is 12.2 Å². The van der Waals surface area contributed by atoms with E-state index in [9.17, 15) is 0 Å². The van der Waals surface area contributed by atoms with Gasteiger partial charge in [-0.25, -0.2) is 0 Å². The standard InChI is InChI=1S/C23H24N2OS/c1-17-15-20(26-2)13-14-22(17)25-23(27)24-16-21(18-9-5-3-6-10-18)19-11-7-4-8-12-19/h3-15,21H,16H2,1-2H3,(H2,24,25,27). The third kappa shape index (κ3) is 5.08. The summed E-state index contributed by atoms with van der Waals surface area (Å²) in [6, 6.07) is 26.9. The molecule has 0 aliphatic carbocycles. The molecule has 3 nitrogen and oxygen atoms in total. The van der Waals surface area contributed by atoms with Gasteiger partial charge in [0.05, 0.1) is 7.11 Å². The van der Waals surface area contributed by atoms with E-state index in [2.05, 4.69) is 59.2 Å². The van der Waals surface area contributed by atoms with Gasteiger partial charge in [0.2, 0.25) is 0 Å². The topological polar surface area (TPSA) is 33.3 Å². The predicted molar refractivity (Wildman–Crippen MR) is 117 cm³/mol. The molecule has 0 aliphatic rings. The second-order valence-electron chi connectivity index (χ2n) is 6.39. The molecule has 0 unspecified atom stereocenters. The van der Waals surface area contributed by atoms with Crippen LogP contribution in [0.3, 0.4) is 0 Å². The summed E-state index contributed by atoms with van der Waals surface area (Å²) in [6.07, 6.45) is 0. The Hall–Kier alpha value is -2.85. The van der Waals surface area contributed by atoms with E-state index in [-0.39, 0.29) is 5.92 Å². The summed E-state index contributed by atoms with van der Waals surface area (Å²) in [5.74, 6) is 1.06. The number of anilines is 1. The lowest BCUT2D eigenvalue weighted by atomic mass is 9.91. The highest BCUT2D eigenvalue weighted by Crippen LogP contribution is 2.24. The van der Waals surface area contributed by atoms with Crippen LogP contribution in [0, 0.1) is 6.92 Å². The van der Waals surface area contributed by atoms with Crippen molar-refractivity contribution in [1.82, 2.24) is 5.32 Å². The van der Waals surface area contributed by atoms with Gasteiger partial charge in [-0.3, -0.25) is 0 Å². The highest BCUT2D eigenvalue weighted by molar-refractivity contribution is 7.80. The molecular formula is C23H24N2OS. The fourth-order valence-corrected chi connectivity index (χ4v) is 3.26. The number of hydrogen-bond acceptors (Lipinski definition) is 2. The second-order valence-corrected chi connectivity index (χ2v) is 6.80. The molecule has 3 aromatic rings. The average molecular weight is 377 g/mol. The second kappa shape index (κ2) is 9.19. The molecule has 0 amide bonds. The van der Waals surface area contributed by atoms with Crippen LogP contribution in [0.25, 0.3) is 0 Å².